The number of hydrogen-bond donors (Lipinski definition) is 2. The molecule has 0 radical (unpaired) electrons. The van der Waals surface area contributed by atoms with E-state index in [1.165, 1.54) is 26.4 Å². The normalized spacial score (nSPS) is 10.2. The standard InChI is InChI=1S/C18H19FN2O4S2/c1-10-13(16(22)24-2)15(27-14(10)17(23)25-3)21-18(26)20-9-8-11-4-6-12(19)7-5-11/h4-7H,8-9H2,1-3H3,(H2,20,21,26). The molecule has 1 heterocycles. The third-order valence-corrected chi connectivity index (χ3v) is 5.18. The summed E-state index contributed by atoms with van der Waals surface area (Å²) >= 11 is 6.32. The SMILES string of the molecule is COC(=O)c1sc(NC(=S)NCCc2ccc(F)cc2)c(C(=O)OC)c1C. The van der Waals surface area contributed by atoms with E-state index < -0.39 is 11.9 Å². The Balaban J connectivity index is 2.06. The Morgan fingerprint density at radius 3 is 2.37 bits per heavy atom. The van der Waals surface area contributed by atoms with Crippen LogP contribution in [0.3, 0.4) is 0 Å². The summed E-state index contributed by atoms with van der Waals surface area (Å²) in [7, 11) is 2.54. The third kappa shape index (κ3) is 5.24. The highest BCUT2D eigenvalue weighted by Crippen LogP contribution is 2.34. The van der Waals surface area contributed by atoms with Gasteiger partial charge in [-0.25, -0.2) is 14.0 Å². The van der Waals surface area contributed by atoms with Crippen molar-refractivity contribution in [1.29, 1.82) is 0 Å². The first-order valence-corrected chi connectivity index (χ1v) is 9.19. The number of hydrogen-bond acceptors (Lipinski definition) is 6. The van der Waals surface area contributed by atoms with Crippen LogP contribution in [0.2, 0.25) is 0 Å². The molecule has 0 spiro atoms. The van der Waals surface area contributed by atoms with Crippen LogP contribution >= 0.6 is 23.6 Å². The van der Waals surface area contributed by atoms with Crippen LogP contribution in [0.1, 0.15) is 31.2 Å². The molecule has 144 valence electrons. The van der Waals surface area contributed by atoms with Crippen molar-refractivity contribution in [2.24, 2.45) is 0 Å². The van der Waals surface area contributed by atoms with Crippen LogP contribution in [-0.2, 0) is 15.9 Å². The average Bonchev–Trinajstić information content (AvgIpc) is 2.98. The second-order valence-electron chi connectivity index (χ2n) is 5.50. The summed E-state index contributed by atoms with van der Waals surface area (Å²) < 4.78 is 22.5. The minimum Gasteiger partial charge on any atom is -0.465 e. The second kappa shape index (κ2) is 9.43. The molecule has 2 N–H and O–H groups in total. The highest BCUT2D eigenvalue weighted by atomic mass is 32.1. The minimum absolute atomic E-state index is 0.241. The van der Waals surface area contributed by atoms with Gasteiger partial charge in [0.1, 0.15) is 15.7 Å². The summed E-state index contributed by atoms with van der Waals surface area (Å²) in [6, 6.07) is 6.21. The second-order valence-corrected chi connectivity index (χ2v) is 6.93. The van der Waals surface area contributed by atoms with Crippen molar-refractivity contribution >= 4 is 45.6 Å². The van der Waals surface area contributed by atoms with Gasteiger partial charge in [-0.3, -0.25) is 0 Å². The van der Waals surface area contributed by atoms with E-state index in [1.807, 2.05) is 0 Å². The summed E-state index contributed by atoms with van der Waals surface area (Å²) in [5.74, 6) is -1.39. The number of thiophene rings is 1. The first-order valence-electron chi connectivity index (χ1n) is 7.96. The van der Waals surface area contributed by atoms with Crippen molar-refractivity contribution in [2.45, 2.75) is 13.3 Å². The Labute approximate surface area is 165 Å². The van der Waals surface area contributed by atoms with Crippen molar-refractivity contribution < 1.29 is 23.5 Å². The molecular formula is C18H19FN2O4S2. The fourth-order valence-corrected chi connectivity index (χ4v) is 3.74. The summed E-state index contributed by atoms with van der Waals surface area (Å²) in [6.07, 6.45) is 0.642. The number of rotatable bonds is 6. The number of nitrogens with one attached hydrogen (secondary N) is 2. The van der Waals surface area contributed by atoms with Gasteiger partial charge in [-0.15, -0.1) is 11.3 Å². The molecule has 0 bridgehead atoms. The molecule has 2 rings (SSSR count). The molecule has 0 aliphatic rings. The molecular weight excluding hydrogens is 391 g/mol. The van der Waals surface area contributed by atoms with Crippen LogP contribution in [0, 0.1) is 12.7 Å². The van der Waals surface area contributed by atoms with Gasteiger partial charge < -0.3 is 20.1 Å². The molecule has 9 heteroatoms. The van der Waals surface area contributed by atoms with Crippen molar-refractivity contribution in [1.82, 2.24) is 5.32 Å². The molecule has 0 aliphatic carbocycles. The lowest BCUT2D eigenvalue weighted by atomic mass is 10.1. The van der Waals surface area contributed by atoms with Gasteiger partial charge in [0.05, 0.1) is 19.8 Å². The molecule has 0 aliphatic heterocycles. The Morgan fingerprint density at radius 2 is 1.78 bits per heavy atom. The van der Waals surface area contributed by atoms with Crippen LogP contribution in [0.4, 0.5) is 9.39 Å². The molecule has 1 aromatic carbocycles. The topological polar surface area (TPSA) is 76.7 Å². The van der Waals surface area contributed by atoms with E-state index in [0.29, 0.717) is 33.5 Å². The molecule has 1 aromatic heterocycles. The Kier molecular flexibility index (Phi) is 7.26. The van der Waals surface area contributed by atoms with Gasteiger partial charge in [-0.1, -0.05) is 12.1 Å². The molecule has 6 nitrogen and oxygen atoms in total. The first-order chi connectivity index (χ1) is 12.9. The van der Waals surface area contributed by atoms with E-state index in [1.54, 1.807) is 19.1 Å². The Morgan fingerprint density at radius 1 is 1.15 bits per heavy atom. The van der Waals surface area contributed by atoms with Crippen molar-refractivity contribution in [3.05, 3.63) is 51.7 Å². The molecule has 0 fully saturated rings. The van der Waals surface area contributed by atoms with Gasteiger partial charge in [-0.05, 0) is 48.8 Å². The van der Waals surface area contributed by atoms with Crippen LogP contribution in [-0.4, -0.2) is 37.8 Å². The number of halogens is 1. The fraction of sp³-hybridized carbons (Fsp3) is 0.278. The average molecular weight is 410 g/mol. The van der Waals surface area contributed by atoms with Crippen LogP contribution in [0.5, 0.6) is 0 Å². The highest BCUT2D eigenvalue weighted by Gasteiger charge is 2.26. The zero-order valence-corrected chi connectivity index (χ0v) is 16.7. The number of benzene rings is 1. The van der Waals surface area contributed by atoms with Gasteiger partial charge in [-0.2, -0.15) is 0 Å². The molecule has 0 unspecified atom stereocenters. The van der Waals surface area contributed by atoms with Crippen molar-refractivity contribution in [3.63, 3.8) is 0 Å². The summed E-state index contributed by atoms with van der Waals surface area (Å²) in [6.45, 7) is 2.16. The van der Waals surface area contributed by atoms with Crippen molar-refractivity contribution in [2.75, 3.05) is 26.1 Å². The number of ether oxygens (including phenoxy) is 2. The Bertz CT molecular complexity index is 850. The predicted molar refractivity (Wildman–Crippen MR) is 106 cm³/mol. The minimum atomic E-state index is -0.574. The lowest BCUT2D eigenvalue weighted by Crippen LogP contribution is -2.30. The molecule has 0 atom stereocenters. The zero-order valence-electron chi connectivity index (χ0n) is 15.1. The fourth-order valence-electron chi connectivity index (χ4n) is 2.36. The van der Waals surface area contributed by atoms with Crippen molar-refractivity contribution in [3.8, 4) is 0 Å². The smallest absolute Gasteiger partial charge is 0.348 e. The Hall–Kier alpha value is -2.52. The number of methoxy groups -OCH3 is 2. The number of anilines is 1. The van der Waals surface area contributed by atoms with Gasteiger partial charge >= 0.3 is 11.9 Å². The molecule has 2 aromatic rings. The summed E-state index contributed by atoms with van der Waals surface area (Å²) in [5.41, 5.74) is 1.67. The third-order valence-electron chi connectivity index (χ3n) is 3.75. The molecule has 0 amide bonds. The van der Waals surface area contributed by atoms with Crippen LogP contribution in [0.25, 0.3) is 0 Å². The van der Waals surface area contributed by atoms with E-state index in [-0.39, 0.29) is 11.4 Å². The molecule has 0 saturated carbocycles. The van der Waals surface area contributed by atoms with Gasteiger partial charge in [0, 0.05) is 6.54 Å². The monoisotopic (exact) mass is 410 g/mol. The van der Waals surface area contributed by atoms with E-state index in [2.05, 4.69) is 10.6 Å². The van der Waals surface area contributed by atoms with Crippen LogP contribution < -0.4 is 10.6 Å². The van der Waals surface area contributed by atoms with E-state index in [0.717, 1.165) is 16.9 Å². The number of esters is 2. The maximum absolute atomic E-state index is 12.9. The number of carbonyl (C=O) groups is 2. The number of thiocarbonyl (C=S) groups is 1. The molecule has 0 saturated heterocycles. The summed E-state index contributed by atoms with van der Waals surface area (Å²) in [4.78, 5) is 24.3. The lowest BCUT2D eigenvalue weighted by molar-refractivity contribution is 0.0601. The summed E-state index contributed by atoms with van der Waals surface area (Å²) in [5, 5.41) is 6.64. The van der Waals surface area contributed by atoms with Gasteiger partial charge in [0.15, 0.2) is 5.11 Å². The van der Waals surface area contributed by atoms with Crippen LogP contribution in [0.15, 0.2) is 24.3 Å². The van der Waals surface area contributed by atoms with E-state index in [4.69, 9.17) is 21.7 Å². The number of carbonyl (C=O) groups excluding carboxylic acids is 2. The zero-order chi connectivity index (χ0) is 20.0. The van der Waals surface area contributed by atoms with Gasteiger partial charge in [0.2, 0.25) is 0 Å². The quantitative estimate of drug-likeness (QED) is 0.559. The largest absolute Gasteiger partial charge is 0.465 e. The lowest BCUT2D eigenvalue weighted by Gasteiger charge is -2.10. The van der Waals surface area contributed by atoms with E-state index >= 15 is 0 Å². The van der Waals surface area contributed by atoms with E-state index in [9.17, 15) is 14.0 Å². The maximum atomic E-state index is 12.9. The van der Waals surface area contributed by atoms with Gasteiger partial charge in [0.25, 0.3) is 0 Å². The maximum Gasteiger partial charge on any atom is 0.348 e. The predicted octanol–water partition coefficient (Wildman–Crippen LogP) is 3.30. The molecule has 27 heavy (non-hydrogen) atoms. The first kappa shape index (κ1) is 20.8. The highest BCUT2D eigenvalue weighted by molar-refractivity contribution is 7.80.